The number of ether oxygens (including phenoxy) is 2. The number of nitrogens with one attached hydrogen (secondary N) is 2. The number of carbonyl (C=O) groups excluding carboxylic acids is 1. The molecule has 7 nitrogen and oxygen atoms in total. The molecule has 1 atom stereocenters. The van der Waals surface area contributed by atoms with E-state index in [0.717, 1.165) is 61.8 Å². The number of amides is 1. The molecule has 2 heterocycles. The highest BCUT2D eigenvalue weighted by Crippen LogP contribution is 2.33. The zero-order valence-electron chi connectivity index (χ0n) is 17.7. The van der Waals surface area contributed by atoms with Gasteiger partial charge in [-0.05, 0) is 25.3 Å². The van der Waals surface area contributed by atoms with Crippen LogP contribution in [0.4, 0.5) is 0 Å². The first-order valence-corrected chi connectivity index (χ1v) is 10.9. The zero-order chi connectivity index (χ0) is 20.1. The first kappa shape index (κ1) is 23.0. The maximum Gasteiger partial charge on any atom is 0.225 e. The number of likely N-dealkylation sites (tertiary alicyclic amines) is 1. The lowest BCUT2D eigenvalue weighted by Gasteiger charge is -2.21. The fourth-order valence-corrected chi connectivity index (χ4v) is 4.47. The lowest BCUT2D eigenvalue weighted by Crippen LogP contribution is -2.45. The molecule has 2 N–H and O–H groups in total. The number of hydrogen-bond acceptors (Lipinski definition) is 4. The van der Waals surface area contributed by atoms with Crippen molar-refractivity contribution < 1.29 is 14.3 Å². The summed E-state index contributed by atoms with van der Waals surface area (Å²) in [6.07, 6.45) is 6.36. The van der Waals surface area contributed by atoms with Gasteiger partial charge in [0.1, 0.15) is 0 Å². The Morgan fingerprint density at radius 1 is 1.17 bits per heavy atom. The van der Waals surface area contributed by atoms with Gasteiger partial charge in [-0.25, -0.2) is 0 Å². The summed E-state index contributed by atoms with van der Waals surface area (Å²) >= 11 is 0. The molecule has 1 amide bonds. The Labute approximate surface area is 196 Å². The van der Waals surface area contributed by atoms with Gasteiger partial charge >= 0.3 is 0 Å². The summed E-state index contributed by atoms with van der Waals surface area (Å²) in [6, 6.07) is 6.22. The number of carbonyl (C=O) groups is 1. The number of para-hydroxylation sites is 1. The van der Waals surface area contributed by atoms with Crippen LogP contribution >= 0.6 is 24.0 Å². The van der Waals surface area contributed by atoms with Crippen LogP contribution in [-0.2, 0) is 11.3 Å². The van der Waals surface area contributed by atoms with Crippen molar-refractivity contribution in [1.82, 2.24) is 15.5 Å². The Kier molecular flexibility index (Phi) is 8.47. The molecule has 30 heavy (non-hydrogen) atoms. The van der Waals surface area contributed by atoms with Crippen LogP contribution in [0.25, 0.3) is 0 Å². The fourth-order valence-electron chi connectivity index (χ4n) is 4.47. The molecule has 2 aliphatic heterocycles. The minimum atomic E-state index is 0. The molecule has 0 aromatic heterocycles. The molecule has 8 heteroatoms. The molecule has 3 aliphatic rings. The minimum Gasteiger partial charge on any atom is -0.490 e. The first-order valence-electron chi connectivity index (χ1n) is 10.9. The molecular formula is C22H33IN4O3. The van der Waals surface area contributed by atoms with Gasteiger partial charge in [-0.1, -0.05) is 25.0 Å². The van der Waals surface area contributed by atoms with Crippen molar-refractivity contribution in [2.24, 2.45) is 10.9 Å². The van der Waals surface area contributed by atoms with Crippen molar-refractivity contribution in [3.8, 4) is 11.5 Å². The third-order valence-corrected chi connectivity index (χ3v) is 6.07. The van der Waals surface area contributed by atoms with E-state index in [-0.39, 0.29) is 35.9 Å². The number of hydrogen-bond donors (Lipinski definition) is 2. The van der Waals surface area contributed by atoms with Crippen LogP contribution in [0.5, 0.6) is 11.5 Å². The number of guanidine groups is 1. The van der Waals surface area contributed by atoms with Crippen molar-refractivity contribution in [3.05, 3.63) is 23.8 Å². The number of rotatable bonds is 4. The highest BCUT2D eigenvalue weighted by atomic mass is 127. The van der Waals surface area contributed by atoms with Crippen LogP contribution in [0, 0.1) is 5.92 Å². The van der Waals surface area contributed by atoms with Crippen LogP contribution in [0.2, 0.25) is 0 Å². The van der Waals surface area contributed by atoms with E-state index >= 15 is 0 Å². The number of aliphatic imine (C=N–C) groups is 1. The normalized spacial score (nSPS) is 21.7. The van der Waals surface area contributed by atoms with Crippen LogP contribution in [0.15, 0.2) is 23.2 Å². The highest BCUT2D eigenvalue weighted by molar-refractivity contribution is 14.0. The van der Waals surface area contributed by atoms with Gasteiger partial charge in [0, 0.05) is 50.6 Å². The second-order valence-corrected chi connectivity index (χ2v) is 8.12. The second-order valence-electron chi connectivity index (χ2n) is 8.12. The van der Waals surface area contributed by atoms with E-state index in [1.165, 1.54) is 12.8 Å². The topological polar surface area (TPSA) is 75.2 Å². The lowest BCUT2D eigenvalue weighted by atomic mass is 10.1. The molecule has 1 saturated carbocycles. The Balaban J connectivity index is 0.00000256. The van der Waals surface area contributed by atoms with Gasteiger partial charge in [0.25, 0.3) is 0 Å². The van der Waals surface area contributed by atoms with Crippen molar-refractivity contribution in [2.75, 3.05) is 33.4 Å². The van der Waals surface area contributed by atoms with E-state index in [4.69, 9.17) is 9.47 Å². The third-order valence-electron chi connectivity index (χ3n) is 6.07. The third kappa shape index (κ3) is 5.50. The molecule has 0 spiro atoms. The first-order chi connectivity index (χ1) is 14.2. The van der Waals surface area contributed by atoms with Gasteiger partial charge in [-0.2, -0.15) is 0 Å². The average molecular weight is 528 g/mol. The van der Waals surface area contributed by atoms with Gasteiger partial charge in [0.15, 0.2) is 17.5 Å². The quantitative estimate of drug-likeness (QED) is 0.357. The van der Waals surface area contributed by atoms with Gasteiger partial charge < -0.3 is 25.0 Å². The highest BCUT2D eigenvalue weighted by Gasteiger charge is 2.32. The Morgan fingerprint density at radius 2 is 1.97 bits per heavy atom. The van der Waals surface area contributed by atoms with Crippen molar-refractivity contribution in [2.45, 2.75) is 51.1 Å². The smallest absolute Gasteiger partial charge is 0.225 e. The molecule has 1 unspecified atom stereocenters. The Hall–Kier alpha value is -1.71. The van der Waals surface area contributed by atoms with E-state index in [2.05, 4.69) is 15.6 Å². The molecule has 1 aromatic carbocycles. The molecule has 1 aliphatic carbocycles. The summed E-state index contributed by atoms with van der Waals surface area (Å²) in [6.45, 7) is 3.55. The molecule has 2 fully saturated rings. The molecule has 166 valence electrons. The number of benzene rings is 1. The van der Waals surface area contributed by atoms with E-state index in [0.29, 0.717) is 25.7 Å². The largest absolute Gasteiger partial charge is 0.490 e. The predicted molar refractivity (Wildman–Crippen MR) is 128 cm³/mol. The summed E-state index contributed by atoms with van der Waals surface area (Å²) in [5.41, 5.74) is 1.05. The SMILES string of the molecule is CN=C(NCc1cccc2c1OCCCO2)NC1CCN(C(=O)C2CCCC2)C1.I. The van der Waals surface area contributed by atoms with Crippen LogP contribution in [0.3, 0.4) is 0 Å². The standard InChI is InChI=1S/C22H32N4O3.HI/c1-23-22(24-14-17-8-4-9-19-20(17)29-13-5-12-28-19)25-18-10-11-26(15-18)21(27)16-6-2-3-7-16;/h4,8-9,16,18H,2-3,5-7,10-15H2,1H3,(H2,23,24,25);1H. The Morgan fingerprint density at radius 3 is 2.77 bits per heavy atom. The monoisotopic (exact) mass is 528 g/mol. The van der Waals surface area contributed by atoms with E-state index < -0.39 is 0 Å². The van der Waals surface area contributed by atoms with Crippen molar-refractivity contribution in [3.63, 3.8) is 0 Å². The van der Waals surface area contributed by atoms with Crippen LogP contribution in [-0.4, -0.2) is 56.2 Å². The maximum atomic E-state index is 12.7. The number of fused-ring (bicyclic) bond motifs is 1. The number of nitrogens with zero attached hydrogens (tertiary/aromatic N) is 2. The summed E-state index contributed by atoms with van der Waals surface area (Å²) in [7, 11) is 1.77. The van der Waals surface area contributed by atoms with Gasteiger partial charge in [0.05, 0.1) is 13.2 Å². The summed E-state index contributed by atoms with van der Waals surface area (Å²) in [5.74, 6) is 2.97. The van der Waals surface area contributed by atoms with Gasteiger partial charge in [0.2, 0.25) is 5.91 Å². The van der Waals surface area contributed by atoms with Gasteiger partial charge in [-0.15, -0.1) is 24.0 Å². The molecule has 4 rings (SSSR count). The maximum absolute atomic E-state index is 12.7. The number of halogens is 1. The second kappa shape index (κ2) is 11.1. The summed E-state index contributed by atoms with van der Waals surface area (Å²) in [5, 5.41) is 6.86. The molecule has 1 aromatic rings. The van der Waals surface area contributed by atoms with Crippen LogP contribution < -0.4 is 20.1 Å². The molecule has 0 bridgehead atoms. The predicted octanol–water partition coefficient (Wildman–Crippen LogP) is 2.92. The zero-order valence-corrected chi connectivity index (χ0v) is 20.0. The minimum absolute atomic E-state index is 0. The van der Waals surface area contributed by atoms with Crippen molar-refractivity contribution in [1.29, 1.82) is 0 Å². The fraction of sp³-hybridized carbons (Fsp3) is 0.636. The van der Waals surface area contributed by atoms with Crippen LogP contribution in [0.1, 0.15) is 44.1 Å². The molecular weight excluding hydrogens is 495 g/mol. The van der Waals surface area contributed by atoms with E-state index in [1.54, 1.807) is 7.05 Å². The average Bonchev–Trinajstić information content (AvgIpc) is 3.38. The van der Waals surface area contributed by atoms with Gasteiger partial charge in [-0.3, -0.25) is 9.79 Å². The van der Waals surface area contributed by atoms with E-state index in [9.17, 15) is 4.79 Å². The molecule has 1 saturated heterocycles. The van der Waals surface area contributed by atoms with E-state index in [1.807, 2.05) is 23.1 Å². The lowest BCUT2D eigenvalue weighted by molar-refractivity contribution is -0.134. The summed E-state index contributed by atoms with van der Waals surface area (Å²) in [4.78, 5) is 19.0. The molecule has 0 radical (unpaired) electrons. The summed E-state index contributed by atoms with van der Waals surface area (Å²) < 4.78 is 11.7. The Bertz CT molecular complexity index is 752. The van der Waals surface area contributed by atoms with Crippen molar-refractivity contribution >= 4 is 35.8 Å².